The van der Waals surface area contributed by atoms with Gasteiger partial charge in [0.25, 0.3) is 0 Å². The van der Waals surface area contributed by atoms with Gasteiger partial charge in [0.05, 0.1) is 0 Å². The molecular formula is C41H60N6O11. The van der Waals surface area contributed by atoms with E-state index in [1.165, 1.54) is 12.1 Å². The Kier molecular flexibility index (Phi) is 16.2. The van der Waals surface area contributed by atoms with Crippen LogP contribution in [0.2, 0.25) is 0 Å². The summed E-state index contributed by atoms with van der Waals surface area (Å²) in [6.07, 6.45) is -2.10. The molecule has 0 saturated heterocycles. The van der Waals surface area contributed by atoms with Crippen LogP contribution >= 0.6 is 0 Å². The molecule has 3 rings (SSSR count). The molecule has 6 amide bonds. The third-order valence-corrected chi connectivity index (χ3v) is 8.27. The third kappa shape index (κ3) is 16.4. The van der Waals surface area contributed by atoms with E-state index in [9.17, 15) is 39.0 Å². The van der Waals surface area contributed by atoms with Crippen molar-refractivity contribution < 1.29 is 53.2 Å². The Bertz CT molecular complexity index is 1800. The number of phenolic OH excluding ortho intramolecular Hbond substituents is 2. The van der Waals surface area contributed by atoms with Crippen molar-refractivity contribution in [3.8, 4) is 22.6 Å². The van der Waals surface area contributed by atoms with Crippen LogP contribution in [0.1, 0.15) is 92.7 Å². The van der Waals surface area contributed by atoms with Crippen molar-refractivity contribution in [2.45, 2.75) is 129 Å². The molecule has 320 valence electrons. The maximum atomic E-state index is 14.1. The van der Waals surface area contributed by atoms with Crippen LogP contribution in [-0.4, -0.2) is 101 Å². The quantitative estimate of drug-likeness (QED) is 0.126. The van der Waals surface area contributed by atoms with Gasteiger partial charge in [-0.2, -0.15) is 0 Å². The van der Waals surface area contributed by atoms with Crippen molar-refractivity contribution in [2.75, 3.05) is 19.6 Å². The topological polar surface area (TPSA) is 243 Å². The first-order chi connectivity index (χ1) is 26.9. The molecule has 2 aromatic carbocycles. The van der Waals surface area contributed by atoms with Crippen molar-refractivity contribution in [2.24, 2.45) is 0 Å². The van der Waals surface area contributed by atoms with E-state index in [1.807, 2.05) is 0 Å². The first-order valence-electron chi connectivity index (χ1n) is 19.3. The Hall–Kier alpha value is -5.74. The second-order valence-corrected chi connectivity index (χ2v) is 17.1. The molecule has 4 bridgehead atoms. The van der Waals surface area contributed by atoms with Crippen LogP contribution in [0, 0.1) is 0 Å². The number of fused-ring (bicyclic) bond motifs is 5. The van der Waals surface area contributed by atoms with Gasteiger partial charge in [-0.05, 0) is 128 Å². The number of aromatic hydroxyl groups is 2. The third-order valence-electron chi connectivity index (χ3n) is 8.27. The molecule has 1 aliphatic heterocycles. The Morgan fingerprint density at radius 2 is 1.10 bits per heavy atom. The molecule has 58 heavy (non-hydrogen) atoms. The average Bonchev–Trinajstić information content (AvgIpc) is 3.07. The van der Waals surface area contributed by atoms with Crippen LogP contribution in [0.5, 0.6) is 11.5 Å². The van der Waals surface area contributed by atoms with Gasteiger partial charge < -0.3 is 56.3 Å². The fourth-order valence-electron chi connectivity index (χ4n) is 5.72. The highest BCUT2D eigenvalue weighted by molar-refractivity contribution is 5.94. The molecule has 0 fully saturated rings. The number of hydrogen-bond acceptors (Lipinski definition) is 11. The van der Waals surface area contributed by atoms with E-state index in [0.29, 0.717) is 28.7 Å². The molecule has 8 N–H and O–H groups in total. The van der Waals surface area contributed by atoms with Gasteiger partial charge in [-0.3, -0.25) is 14.4 Å². The molecule has 0 aliphatic carbocycles. The summed E-state index contributed by atoms with van der Waals surface area (Å²) in [5, 5.41) is 37.8. The number of carbonyl (C=O) groups is 6. The summed E-state index contributed by atoms with van der Waals surface area (Å²) in [6.45, 7) is 15.7. The number of hydrogen-bond donors (Lipinski definition) is 8. The van der Waals surface area contributed by atoms with E-state index in [1.54, 1.807) is 86.6 Å². The fraction of sp³-hybridized carbons (Fsp3) is 0.561. The molecule has 0 spiro atoms. The maximum Gasteiger partial charge on any atom is 0.408 e. The van der Waals surface area contributed by atoms with Gasteiger partial charge in [-0.15, -0.1) is 0 Å². The minimum absolute atomic E-state index is 0.0291. The average molecular weight is 813 g/mol. The Balaban J connectivity index is 1.98. The summed E-state index contributed by atoms with van der Waals surface area (Å²) < 4.78 is 16.0. The van der Waals surface area contributed by atoms with Crippen LogP contribution in [0.15, 0.2) is 36.4 Å². The lowest BCUT2D eigenvalue weighted by Gasteiger charge is -2.27. The van der Waals surface area contributed by atoms with Crippen molar-refractivity contribution in [1.29, 1.82) is 0 Å². The summed E-state index contributed by atoms with van der Waals surface area (Å²) in [5.74, 6) is -2.45. The molecule has 0 saturated carbocycles. The van der Waals surface area contributed by atoms with Gasteiger partial charge in [0.1, 0.15) is 46.4 Å². The van der Waals surface area contributed by atoms with Gasteiger partial charge in [-0.1, -0.05) is 12.1 Å². The molecule has 17 heteroatoms. The van der Waals surface area contributed by atoms with Gasteiger partial charge in [0, 0.05) is 32.5 Å². The number of benzene rings is 2. The highest BCUT2D eigenvalue weighted by atomic mass is 16.6. The molecule has 0 aromatic heterocycles. The summed E-state index contributed by atoms with van der Waals surface area (Å²) in [6, 6.07) is 5.56. The van der Waals surface area contributed by atoms with Crippen LogP contribution < -0.4 is 31.9 Å². The first kappa shape index (κ1) is 46.6. The molecule has 3 atom stereocenters. The number of rotatable bonds is 10. The fourth-order valence-corrected chi connectivity index (χ4v) is 5.72. The van der Waals surface area contributed by atoms with Crippen LogP contribution in [0.3, 0.4) is 0 Å². The minimum Gasteiger partial charge on any atom is -0.508 e. The van der Waals surface area contributed by atoms with Gasteiger partial charge in [0.15, 0.2) is 0 Å². The smallest absolute Gasteiger partial charge is 0.408 e. The Labute approximate surface area is 339 Å². The monoisotopic (exact) mass is 812 g/mol. The standard InChI is InChI=1S/C41H60N6O11/c1-39(2,3)56-36(53)43-17-10-12-28-34(51)46-29(33(50)42-18-11-19-44-37(54)57-40(4,5)6)22-26-20-24(13-15-31(26)48)25-14-16-32(49)27(21-25)23-30(35(52)45-28)47-38(55)58-41(7,8)9/h13-16,20-21,28-30,48-49H,10-12,17-19,22-23H2,1-9H3,(H,42,50)(H,43,53)(H,44,54)(H,45,52)(H,46,51)(H,47,55)/t28-,29-,30-/m0/s1. The normalized spacial score (nSPS) is 17.6. The molecule has 0 unspecified atom stereocenters. The van der Waals surface area contributed by atoms with Crippen LogP contribution in [-0.2, 0) is 41.4 Å². The lowest BCUT2D eigenvalue weighted by molar-refractivity contribution is -0.132. The van der Waals surface area contributed by atoms with E-state index in [4.69, 9.17) is 14.2 Å². The highest BCUT2D eigenvalue weighted by Gasteiger charge is 2.32. The van der Waals surface area contributed by atoms with E-state index in [0.717, 1.165) is 0 Å². The van der Waals surface area contributed by atoms with E-state index in [-0.39, 0.29) is 56.8 Å². The molecule has 1 aliphatic rings. The summed E-state index contributed by atoms with van der Waals surface area (Å²) in [4.78, 5) is 79.3. The van der Waals surface area contributed by atoms with Gasteiger partial charge >= 0.3 is 18.3 Å². The number of ether oxygens (including phenoxy) is 3. The first-order valence-corrected chi connectivity index (χ1v) is 19.3. The van der Waals surface area contributed by atoms with E-state index < -0.39 is 70.9 Å². The number of phenols is 2. The predicted molar refractivity (Wildman–Crippen MR) is 215 cm³/mol. The van der Waals surface area contributed by atoms with Crippen LogP contribution in [0.4, 0.5) is 14.4 Å². The number of amides is 6. The largest absolute Gasteiger partial charge is 0.508 e. The van der Waals surface area contributed by atoms with Crippen molar-refractivity contribution >= 4 is 36.0 Å². The Morgan fingerprint density at radius 3 is 1.62 bits per heavy atom. The van der Waals surface area contributed by atoms with Crippen molar-refractivity contribution in [1.82, 2.24) is 31.9 Å². The minimum atomic E-state index is -1.35. The zero-order valence-electron chi connectivity index (χ0n) is 34.9. The zero-order chi connectivity index (χ0) is 43.4. The number of carbonyl (C=O) groups excluding carboxylic acids is 6. The van der Waals surface area contributed by atoms with E-state index >= 15 is 0 Å². The lowest BCUT2D eigenvalue weighted by atomic mass is 9.95. The SMILES string of the molecule is CC(C)(C)OC(=O)NCCCNC(=O)[C@@H]1Cc2cc(ccc2O)-c2ccc(O)c(c2)C[C@H](NC(=O)OC(C)(C)C)C(=O)N[C@@H](CCCNC(=O)OC(C)(C)C)C(=O)N1. The molecule has 1 heterocycles. The highest BCUT2D eigenvalue weighted by Crippen LogP contribution is 2.31. The zero-order valence-corrected chi connectivity index (χ0v) is 34.9. The molecule has 17 nitrogen and oxygen atoms in total. The molecule has 0 radical (unpaired) electrons. The number of nitrogens with one attached hydrogen (secondary N) is 6. The molecule has 2 aromatic rings. The van der Waals surface area contributed by atoms with Crippen molar-refractivity contribution in [3.63, 3.8) is 0 Å². The summed E-state index contributed by atoms with van der Waals surface area (Å²) in [7, 11) is 0. The van der Waals surface area contributed by atoms with Gasteiger partial charge in [-0.25, -0.2) is 14.4 Å². The summed E-state index contributed by atoms with van der Waals surface area (Å²) in [5.41, 5.74) is -0.537. The van der Waals surface area contributed by atoms with Gasteiger partial charge in [0.2, 0.25) is 17.7 Å². The van der Waals surface area contributed by atoms with Crippen LogP contribution in [0.25, 0.3) is 11.1 Å². The second-order valence-electron chi connectivity index (χ2n) is 17.1. The molecular weight excluding hydrogens is 752 g/mol. The Morgan fingerprint density at radius 1 is 0.638 bits per heavy atom. The summed E-state index contributed by atoms with van der Waals surface area (Å²) >= 11 is 0. The number of alkyl carbamates (subject to hydrolysis) is 3. The lowest BCUT2D eigenvalue weighted by Crippen LogP contribution is -2.57. The van der Waals surface area contributed by atoms with E-state index in [2.05, 4.69) is 31.9 Å². The second kappa shape index (κ2) is 20.1. The predicted octanol–water partition coefficient (Wildman–Crippen LogP) is 4.06. The van der Waals surface area contributed by atoms with Crippen molar-refractivity contribution in [3.05, 3.63) is 47.5 Å². The maximum absolute atomic E-state index is 14.1.